The van der Waals surface area contributed by atoms with E-state index in [4.69, 9.17) is 0 Å². The van der Waals surface area contributed by atoms with Crippen LogP contribution in [0.25, 0.3) is 0 Å². The molecule has 0 aliphatic carbocycles. The third kappa shape index (κ3) is 5.37. The molecule has 1 saturated heterocycles. The maximum Gasteiger partial charge on any atom is 0.475 e. The Bertz CT molecular complexity index is 548. The van der Waals surface area contributed by atoms with Crippen LogP contribution in [-0.4, -0.2) is 52.9 Å². The first-order valence-corrected chi connectivity index (χ1v) is 7.94. The third-order valence-electron chi connectivity index (χ3n) is 4.06. The molecule has 0 radical (unpaired) electrons. The molecule has 3 N–H and O–H groups in total. The number of hydrogen-bond donors (Lipinski definition) is 3. The summed E-state index contributed by atoms with van der Waals surface area (Å²) in [6.07, 6.45) is 1.90. The molecule has 1 aromatic carbocycles. The van der Waals surface area contributed by atoms with Crippen molar-refractivity contribution in [1.29, 1.82) is 0 Å². The summed E-state index contributed by atoms with van der Waals surface area (Å²) in [5, 5.41) is 21.6. The summed E-state index contributed by atoms with van der Waals surface area (Å²) in [7, 11) is -1.63. The van der Waals surface area contributed by atoms with Crippen molar-refractivity contribution >= 4 is 18.9 Å². The fraction of sp³-hybridized carbons (Fsp3) is 0.500. The predicted molar refractivity (Wildman–Crippen MR) is 87.4 cm³/mol. The number of rotatable bonds is 7. The second kappa shape index (κ2) is 8.13. The molecule has 1 heterocycles. The molecule has 2 rings (SSSR count). The van der Waals surface area contributed by atoms with Gasteiger partial charge in [-0.25, -0.2) is 0 Å². The Labute approximate surface area is 136 Å². The first-order valence-electron chi connectivity index (χ1n) is 7.94. The minimum atomic E-state index is -1.63. The largest absolute Gasteiger partial charge is 0.475 e. The zero-order valence-corrected chi connectivity index (χ0v) is 13.4. The molecule has 1 aliphatic rings. The van der Waals surface area contributed by atoms with Crippen molar-refractivity contribution in [1.82, 2.24) is 10.2 Å². The highest BCUT2D eigenvalue weighted by Crippen LogP contribution is 2.10. The minimum absolute atomic E-state index is 0.0798. The average Bonchev–Trinajstić information content (AvgIpc) is 2.92. The number of nitrogens with zero attached hydrogens (tertiary/aromatic N) is 1. The van der Waals surface area contributed by atoms with Gasteiger partial charge >= 0.3 is 7.12 Å². The van der Waals surface area contributed by atoms with Gasteiger partial charge in [-0.3, -0.25) is 9.59 Å². The zero-order chi connectivity index (χ0) is 16.8. The lowest BCUT2D eigenvalue weighted by Gasteiger charge is -2.20. The van der Waals surface area contributed by atoms with Gasteiger partial charge in [0.15, 0.2) is 0 Å². The molecule has 1 aliphatic heterocycles. The highest BCUT2D eigenvalue weighted by molar-refractivity contribution is 6.43. The van der Waals surface area contributed by atoms with Gasteiger partial charge in [-0.05, 0) is 25.3 Å². The van der Waals surface area contributed by atoms with Gasteiger partial charge in [0.2, 0.25) is 11.8 Å². The SMILES string of the molecule is Cc1ccc(C[C@H](NC(=O)CCN2CCCC2=O)B(O)O)cc1. The van der Waals surface area contributed by atoms with Crippen molar-refractivity contribution < 1.29 is 19.6 Å². The fourth-order valence-corrected chi connectivity index (χ4v) is 2.66. The summed E-state index contributed by atoms with van der Waals surface area (Å²) in [5.41, 5.74) is 2.04. The van der Waals surface area contributed by atoms with E-state index < -0.39 is 13.1 Å². The number of aryl methyl sites for hydroxylation is 1. The smallest absolute Gasteiger partial charge is 0.426 e. The lowest BCUT2D eigenvalue weighted by Crippen LogP contribution is -2.48. The topological polar surface area (TPSA) is 89.9 Å². The van der Waals surface area contributed by atoms with E-state index in [1.807, 2.05) is 31.2 Å². The second-order valence-corrected chi connectivity index (χ2v) is 6.01. The number of benzene rings is 1. The van der Waals surface area contributed by atoms with E-state index in [0.29, 0.717) is 25.9 Å². The van der Waals surface area contributed by atoms with Crippen molar-refractivity contribution in [3.8, 4) is 0 Å². The van der Waals surface area contributed by atoms with Crippen LogP contribution in [0.15, 0.2) is 24.3 Å². The van der Waals surface area contributed by atoms with E-state index in [-0.39, 0.29) is 18.2 Å². The van der Waals surface area contributed by atoms with Gasteiger partial charge in [0, 0.05) is 25.9 Å². The average molecular weight is 318 g/mol. The molecule has 1 aromatic rings. The van der Waals surface area contributed by atoms with Crippen LogP contribution in [0, 0.1) is 6.92 Å². The first-order chi connectivity index (χ1) is 11.0. The minimum Gasteiger partial charge on any atom is -0.426 e. The second-order valence-electron chi connectivity index (χ2n) is 6.01. The van der Waals surface area contributed by atoms with Crippen LogP contribution in [0.4, 0.5) is 0 Å². The molecule has 1 atom stereocenters. The van der Waals surface area contributed by atoms with Gasteiger partial charge < -0.3 is 20.3 Å². The van der Waals surface area contributed by atoms with Crippen LogP contribution in [0.5, 0.6) is 0 Å². The van der Waals surface area contributed by atoms with Gasteiger partial charge in [0.05, 0.1) is 5.94 Å². The number of amides is 2. The Balaban J connectivity index is 1.84. The highest BCUT2D eigenvalue weighted by atomic mass is 16.4. The van der Waals surface area contributed by atoms with Crippen molar-refractivity contribution in [2.45, 2.75) is 38.5 Å². The molecular weight excluding hydrogens is 295 g/mol. The molecule has 0 unspecified atom stereocenters. The number of carbonyl (C=O) groups is 2. The molecular formula is C16H23BN2O4. The maximum atomic E-state index is 12.0. The number of likely N-dealkylation sites (tertiary alicyclic amines) is 1. The van der Waals surface area contributed by atoms with E-state index in [2.05, 4.69) is 5.32 Å². The summed E-state index contributed by atoms with van der Waals surface area (Å²) in [5.74, 6) is -0.967. The van der Waals surface area contributed by atoms with E-state index in [9.17, 15) is 19.6 Å². The quantitative estimate of drug-likeness (QED) is 0.620. The van der Waals surface area contributed by atoms with Crippen LogP contribution >= 0.6 is 0 Å². The number of hydrogen-bond acceptors (Lipinski definition) is 4. The van der Waals surface area contributed by atoms with Gasteiger partial charge in [-0.1, -0.05) is 29.8 Å². The molecule has 7 heteroatoms. The van der Waals surface area contributed by atoms with Crippen LogP contribution in [-0.2, 0) is 16.0 Å². The molecule has 124 valence electrons. The van der Waals surface area contributed by atoms with Crippen LogP contribution < -0.4 is 5.32 Å². The summed E-state index contributed by atoms with van der Waals surface area (Å²) in [4.78, 5) is 25.2. The molecule has 0 aromatic heterocycles. The molecule has 1 fully saturated rings. The monoisotopic (exact) mass is 318 g/mol. The van der Waals surface area contributed by atoms with Crippen molar-refractivity contribution in [3.63, 3.8) is 0 Å². The Morgan fingerprint density at radius 2 is 2.04 bits per heavy atom. The van der Waals surface area contributed by atoms with Crippen molar-refractivity contribution in [3.05, 3.63) is 35.4 Å². The molecule has 2 amide bonds. The number of carbonyl (C=O) groups excluding carboxylic acids is 2. The van der Waals surface area contributed by atoms with Gasteiger partial charge in [0.1, 0.15) is 0 Å². The zero-order valence-electron chi connectivity index (χ0n) is 13.4. The standard InChI is InChI=1S/C16H23BN2O4/c1-12-4-6-13(7-5-12)11-14(17(22)23)18-15(20)8-10-19-9-2-3-16(19)21/h4-7,14,22-23H,2-3,8-11H2,1H3,(H,18,20)/t14-/m0/s1. The third-order valence-corrected chi connectivity index (χ3v) is 4.06. The molecule has 6 nitrogen and oxygen atoms in total. The first kappa shape index (κ1) is 17.5. The Morgan fingerprint density at radius 3 is 2.61 bits per heavy atom. The Hall–Kier alpha value is -1.86. The van der Waals surface area contributed by atoms with Crippen LogP contribution in [0.1, 0.15) is 30.4 Å². The molecule has 0 saturated carbocycles. The highest BCUT2D eigenvalue weighted by Gasteiger charge is 2.26. The summed E-state index contributed by atoms with van der Waals surface area (Å²) in [6, 6.07) is 7.69. The van der Waals surface area contributed by atoms with E-state index in [0.717, 1.165) is 17.5 Å². The van der Waals surface area contributed by atoms with E-state index in [1.165, 1.54) is 0 Å². The van der Waals surface area contributed by atoms with Crippen molar-refractivity contribution in [2.24, 2.45) is 0 Å². The van der Waals surface area contributed by atoms with Crippen LogP contribution in [0.3, 0.4) is 0 Å². The molecule has 23 heavy (non-hydrogen) atoms. The van der Waals surface area contributed by atoms with Gasteiger partial charge in [-0.2, -0.15) is 0 Å². The van der Waals surface area contributed by atoms with Gasteiger partial charge in [-0.15, -0.1) is 0 Å². The normalized spacial score (nSPS) is 15.6. The summed E-state index contributed by atoms with van der Waals surface area (Å²) < 4.78 is 0. The fourth-order valence-electron chi connectivity index (χ4n) is 2.66. The molecule has 0 bridgehead atoms. The maximum absolute atomic E-state index is 12.0. The summed E-state index contributed by atoms with van der Waals surface area (Å²) >= 11 is 0. The molecule has 0 spiro atoms. The Kier molecular flexibility index (Phi) is 6.18. The van der Waals surface area contributed by atoms with Crippen LogP contribution in [0.2, 0.25) is 0 Å². The lowest BCUT2D eigenvalue weighted by molar-refractivity contribution is -0.128. The van der Waals surface area contributed by atoms with E-state index in [1.54, 1.807) is 4.90 Å². The number of nitrogens with one attached hydrogen (secondary N) is 1. The van der Waals surface area contributed by atoms with Gasteiger partial charge in [0.25, 0.3) is 0 Å². The predicted octanol–water partition coefficient (Wildman–Crippen LogP) is 0.0468. The van der Waals surface area contributed by atoms with Crippen molar-refractivity contribution in [2.75, 3.05) is 13.1 Å². The Morgan fingerprint density at radius 1 is 1.35 bits per heavy atom. The lowest BCUT2D eigenvalue weighted by atomic mass is 9.76. The summed E-state index contributed by atoms with van der Waals surface area (Å²) in [6.45, 7) is 3.05. The van der Waals surface area contributed by atoms with E-state index >= 15 is 0 Å².